The van der Waals surface area contributed by atoms with Crippen LogP contribution in [0.15, 0.2) is 34.0 Å². The fourth-order valence-electron chi connectivity index (χ4n) is 4.09. The molecule has 0 saturated carbocycles. The van der Waals surface area contributed by atoms with Gasteiger partial charge in [-0.15, -0.1) is 0 Å². The molecule has 0 bridgehead atoms. The highest BCUT2D eigenvalue weighted by Crippen LogP contribution is 2.41. The summed E-state index contributed by atoms with van der Waals surface area (Å²) in [4.78, 5) is 38.5. The Balaban J connectivity index is 1.92. The lowest BCUT2D eigenvalue weighted by Crippen LogP contribution is -2.35. The summed E-state index contributed by atoms with van der Waals surface area (Å²) in [5, 5.41) is 31.2. The third-order valence-corrected chi connectivity index (χ3v) is 5.89. The van der Waals surface area contributed by atoms with Crippen LogP contribution in [-0.4, -0.2) is 57.2 Å². The molecular formula is C25H31N3O9. The molecule has 0 spiro atoms. The molecule has 1 unspecified atom stereocenters. The maximum Gasteiger partial charge on any atom is 0.330 e. The fraction of sp³-hybridized carbons (Fsp3) is 0.520. The molecule has 200 valence electrons. The summed E-state index contributed by atoms with van der Waals surface area (Å²) in [5.41, 5.74) is -1.35. The summed E-state index contributed by atoms with van der Waals surface area (Å²) in [5.74, 6) is 5.58. The summed E-state index contributed by atoms with van der Waals surface area (Å²) in [6.45, 7) is 5.05. The van der Waals surface area contributed by atoms with Gasteiger partial charge < -0.3 is 24.4 Å². The zero-order valence-electron chi connectivity index (χ0n) is 21.1. The number of benzene rings is 1. The molecular weight excluding hydrogens is 486 g/mol. The number of nitrogens with zero attached hydrogens (tertiary/aromatic N) is 2. The van der Waals surface area contributed by atoms with Crippen molar-refractivity contribution in [3.05, 3.63) is 72.0 Å². The van der Waals surface area contributed by atoms with Crippen LogP contribution in [0.5, 0.6) is 0 Å². The van der Waals surface area contributed by atoms with Crippen LogP contribution < -0.4 is 11.2 Å². The molecule has 4 atom stereocenters. The van der Waals surface area contributed by atoms with E-state index in [2.05, 4.69) is 16.8 Å². The predicted octanol–water partition coefficient (Wildman–Crippen LogP) is 1.39. The smallest absolute Gasteiger partial charge is 0.330 e. The summed E-state index contributed by atoms with van der Waals surface area (Å²) in [6.07, 6.45) is -2.18. The molecule has 0 aliphatic carbocycles. The number of hydrogen-bond acceptors (Lipinski definition) is 9. The maximum absolute atomic E-state index is 12.5. The second-order valence-electron chi connectivity index (χ2n) is 9.76. The van der Waals surface area contributed by atoms with E-state index in [0.29, 0.717) is 11.1 Å². The van der Waals surface area contributed by atoms with Gasteiger partial charge in [-0.3, -0.25) is 24.5 Å². The average molecular weight is 518 g/mol. The van der Waals surface area contributed by atoms with E-state index in [1.807, 2.05) is 20.8 Å². The molecule has 37 heavy (non-hydrogen) atoms. The standard InChI is InChI=1S/C25H31N3O9/c1-25(2,3)22(17-8-7-15(6-5-9-35-4)10-18(17)28(33)34)36-14-16-12-27(24(32)26-23(16)31)21-11-19(30)20(13-29)37-21/h7-8,10,12,19-22,29-30H,9,11,13-14H2,1-4H3,(H,26,31,32)/t19-,20-,21-,22?/m1/s1. The van der Waals surface area contributed by atoms with Crippen molar-refractivity contribution < 1.29 is 29.3 Å². The van der Waals surface area contributed by atoms with Crippen LogP contribution >= 0.6 is 0 Å². The highest BCUT2D eigenvalue weighted by molar-refractivity contribution is 5.50. The van der Waals surface area contributed by atoms with E-state index in [1.165, 1.54) is 19.4 Å². The van der Waals surface area contributed by atoms with E-state index in [-0.39, 0.29) is 30.9 Å². The van der Waals surface area contributed by atoms with Crippen molar-refractivity contribution >= 4 is 5.69 Å². The number of nitrogens with one attached hydrogen (secondary N) is 1. The molecule has 0 amide bonds. The van der Waals surface area contributed by atoms with E-state index in [0.717, 1.165) is 4.57 Å². The molecule has 12 nitrogen and oxygen atoms in total. The van der Waals surface area contributed by atoms with E-state index >= 15 is 0 Å². The molecule has 1 saturated heterocycles. The minimum Gasteiger partial charge on any atom is -0.394 e. The number of aromatic amines is 1. The van der Waals surface area contributed by atoms with Crippen molar-refractivity contribution in [2.24, 2.45) is 5.41 Å². The Bertz CT molecular complexity index is 1300. The highest BCUT2D eigenvalue weighted by Gasteiger charge is 2.36. The Hall–Kier alpha value is -3.34. The molecule has 1 aliphatic heterocycles. The van der Waals surface area contributed by atoms with Crippen LogP contribution in [0.4, 0.5) is 5.69 Å². The number of aliphatic hydroxyl groups is 2. The Morgan fingerprint density at radius 1 is 1.35 bits per heavy atom. The molecule has 1 fully saturated rings. The lowest BCUT2D eigenvalue weighted by atomic mass is 9.83. The van der Waals surface area contributed by atoms with Crippen LogP contribution in [0, 0.1) is 27.4 Å². The second-order valence-corrected chi connectivity index (χ2v) is 9.76. The number of aliphatic hydroxyl groups excluding tert-OH is 2. The second kappa shape index (κ2) is 11.8. The Labute approximate surface area is 213 Å². The molecule has 1 aromatic heterocycles. The van der Waals surface area contributed by atoms with Gasteiger partial charge in [-0.25, -0.2) is 4.79 Å². The predicted molar refractivity (Wildman–Crippen MR) is 132 cm³/mol. The normalized spacial score (nSPS) is 20.3. The van der Waals surface area contributed by atoms with Crippen LogP contribution in [0.2, 0.25) is 0 Å². The van der Waals surface area contributed by atoms with Crippen molar-refractivity contribution in [3.63, 3.8) is 0 Å². The average Bonchev–Trinajstić information content (AvgIpc) is 3.20. The van der Waals surface area contributed by atoms with Crippen molar-refractivity contribution in [3.8, 4) is 11.8 Å². The number of rotatable bonds is 8. The molecule has 1 aromatic carbocycles. The van der Waals surface area contributed by atoms with E-state index < -0.39 is 52.7 Å². The summed E-state index contributed by atoms with van der Waals surface area (Å²) >= 11 is 0. The monoisotopic (exact) mass is 517 g/mol. The summed E-state index contributed by atoms with van der Waals surface area (Å²) in [7, 11) is 1.50. The zero-order chi connectivity index (χ0) is 27.3. The van der Waals surface area contributed by atoms with Gasteiger partial charge in [0.15, 0.2) is 0 Å². The molecule has 1 aliphatic rings. The van der Waals surface area contributed by atoms with Gasteiger partial charge in [-0.05, 0) is 17.5 Å². The van der Waals surface area contributed by atoms with Crippen LogP contribution in [-0.2, 0) is 20.8 Å². The first-order chi connectivity index (χ1) is 17.5. The molecule has 12 heteroatoms. The first-order valence-corrected chi connectivity index (χ1v) is 11.6. The lowest BCUT2D eigenvalue weighted by Gasteiger charge is -2.31. The van der Waals surface area contributed by atoms with E-state index in [4.69, 9.17) is 14.2 Å². The van der Waals surface area contributed by atoms with Gasteiger partial charge in [0.2, 0.25) is 0 Å². The number of H-pyrrole nitrogens is 1. The number of hydrogen-bond donors (Lipinski definition) is 3. The lowest BCUT2D eigenvalue weighted by molar-refractivity contribution is -0.386. The van der Waals surface area contributed by atoms with Gasteiger partial charge in [-0.2, -0.15) is 0 Å². The van der Waals surface area contributed by atoms with Crippen LogP contribution in [0.25, 0.3) is 0 Å². The number of nitro groups is 1. The Morgan fingerprint density at radius 2 is 2.08 bits per heavy atom. The Kier molecular flexibility index (Phi) is 9.01. The first kappa shape index (κ1) is 28.2. The third-order valence-electron chi connectivity index (χ3n) is 5.89. The van der Waals surface area contributed by atoms with Crippen molar-refractivity contribution in [2.45, 2.75) is 58.3 Å². The van der Waals surface area contributed by atoms with E-state index in [9.17, 15) is 29.9 Å². The first-order valence-electron chi connectivity index (χ1n) is 11.6. The number of aromatic nitrogens is 2. The van der Waals surface area contributed by atoms with Gasteiger partial charge >= 0.3 is 5.69 Å². The quantitative estimate of drug-likeness (QED) is 0.266. The van der Waals surface area contributed by atoms with Crippen LogP contribution in [0.3, 0.4) is 0 Å². The largest absolute Gasteiger partial charge is 0.394 e. The maximum atomic E-state index is 12.5. The SMILES string of the molecule is COCC#Cc1ccc(C(OCc2cn([C@H]3C[C@@H](O)[C@@H](CO)O3)c(=O)[nH]c2=O)C(C)(C)C)c([N+](=O)[O-])c1. The summed E-state index contributed by atoms with van der Waals surface area (Å²) in [6, 6.07) is 4.60. The molecule has 3 N–H and O–H groups in total. The Morgan fingerprint density at radius 3 is 2.68 bits per heavy atom. The van der Waals surface area contributed by atoms with Gasteiger partial charge in [0.25, 0.3) is 11.2 Å². The van der Waals surface area contributed by atoms with E-state index in [1.54, 1.807) is 12.1 Å². The molecule has 0 radical (unpaired) electrons. The van der Waals surface area contributed by atoms with Crippen molar-refractivity contribution in [2.75, 3.05) is 20.3 Å². The van der Waals surface area contributed by atoms with Crippen molar-refractivity contribution in [1.82, 2.24) is 9.55 Å². The minimum atomic E-state index is -0.971. The minimum absolute atomic E-state index is 0.0495. The number of nitro benzene ring substituents is 1. The molecule has 3 rings (SSSR count). The van der Waals surface area contributed by atoms with Crippen molar-refractivity contribution in [1.29, 1.82) is 0 Å². The van der Waals surface area contributed by atoms with Gasteiger partial charge in [0.05, 0.1) is 41.5 Å². The number of methoxy groups -OCH3 is 1. The molecule has 2 aromatic rings. The highest BCUT2D eigenvalue weighted by atomic mass is 16.6. The van der Waals surface area contributed by atoms with Crippen LogP contribution in [0.1, 0.15) is 56.2 Å². The summed E-state index contributed by atoms with van der Waals surface area (Å²) < 4.78 is 17.6. The topological polar surface area (TPSA) is 166 Å². The van der Waals surface area contributed by atoms with Gasteiger partial charge in [0.1, 0.15) is 18.9 Å². The third kappa shape index (κ3) is 6.71. The van der Waals surface area contributed by atoms with Gasteiger partial charge in [0, 0.05) is 31.4 Å². The van der Waals surface area contributed by atoms with Gasteiger partial charge in [-0.1, -0.05) is 32.6 Å². The fourth-order valence-corrected chi connectivity index (χ4v) is 4.09. The molecule has 2 heterocycles. The zero-order valence-corrected chi connectivity index (χ0v) is 21.1. The number of ether oxygens (including phenoxy) is 3.